The fourth-order valence-corrected chi connectivity index (χ4v) is 2.82. The van der Waals surface area contributed by atoms with Gasteiger partial charge in [-0.15, -0.1) is 0 Å². The molecule has 0 saturated heterocycles. The van der Waals surface area contributed by atoms with Crippen LogP contribution in [0.4, 0.5) is 0 Å². The largest absolute Gasteiger partial charge is 0.466 e. The van der Waals surface area contributed by atoms with Crippen molar-refractivity contribution in [1.29, 1.82) is 0 Å². The van der Waals surface area contributed by atoms with Crippen molar-refractivity contribution in [3.8, 4) is 0 Å². The Bertz CT molecular complexity index is 672. The molecule has 0 bridgehead atoms. The summed E-state index contributed by atoms with van der Waals surface area (Å²) >= 11 is 0. The summed E-state index contributed by atoms with van der Waals surface area (Å²) in [4.78, 5) is 11.3. The van der Waals surface area contributed by atoms with Gasteiger partial charge in [0.1, 0.15) is 0 Å². The molecule has 1 rings (SSSR count). The third-order valence-corrected chi connectivity index (χ3v) is 4.16. The van der Waals surface area contributed by atoms with Crippen molar-refractivity contribution >= 4 is 5.97 Å². The molecule has 0 saturated carbocycles. The minimum atomic E-state index is -2.36. The normalized spacial score (nSPS) is 22.2. The molecule has 2 nitrogen and oxygen atoms in total. The van der Waals surface area contributed by atoms with Crippen LogP contribution in [0.2, 0.25) is 0 Å². The van der Waals surface area contributed by atoms with E-state index in [0.29, 0.717) is 0 Å². The van der Waals surface area contributed by atoms with Crippen molar-refractivity contribution in [3.63, 3.8) is 0 Å². The Kier molecular flexibility index (Phi) is 5.58. The molecular weight excluding hydrogens is 284 g/mol. The average Bonchev–Trinajstić information content (AvgIpc) is 2.51. The SMILES string of the molecule is [2H]C([2H])([2H])C(/C=C/C=C(C)\C=C\C1=C(C)CCCC1(C)C)=C\C(=O)OC. The maximum Gasteiger partial charge on any atom is 0.330 e. The van der Waals surface area contributed by atoms with Gasteiger partial charge >= 0.3 is 5.97 Å². The third-order valence-electron chi connectivity index (χ3n) is 4.16. The van der Waals surface area contributed by atoms with Gasteiger partial charge in [0.05, 0.1) is 7.11 Å². The molecule has 0 radical (unpaired) electrons. The first-order chi connectivity index (χ1) is 12.0. The zero-order chi connectivity index (χ0) is 20.0. The van der Waals surface area contributed by atoms with Crippen LogP contribution in [-0.4, -0.2) is 13.1 Å². The van der Waals surface area contributed by atoms with E-state index in [1.165, 1.54) is 37.2 Å². The summed E-state index contributed by atoms with van der Waals surface area (Å²) in [5.41, 5.74) is 3.96. The van der Waals surface area contributed by atoms with Gasteiger partial charge in [0.25, 0.3) is 0 Å². The summed E-state index contributed by atoms with van der Waals surface area (Å²) in [6.45, 7) is 6.34. The number of rotatable bonds is 5. The lowest BCUT2D eigenvalue weighted by molar-refractivity contribution is -0.134. The maximum absolute atomic E-state index is 11.3. The van der Waals surface area contributed by atoms with E-state index in [4.69, 9.17) is 4.11 Å². The van der Waals surface area contributed by atoms with Crippen LogP contribution in [0.3, 0.4) is 0 Å². The summed E-state index contributed by atoms with van der Waals surface area (Å²) in [6, 6.07) is 0. The van der Waals surface area contributed by atoms with E-state index in [1.807, 2.05) is 13.0 Å². The molecule has 126 valence electrons. The molecular formula is C21H30O2. The van der Waals surface area contributed by atoms with Gasteiger partial charge in [-0.2, -0.15) is 0 Å². The molecule has 2 heteroatoms. The highest BCUT2D eigenvalue weighted by Gasteiger charge is 2.26. The molecule has 0 aliphatic heterocycles. The van der Waals surface area contributed by atoms with Gasteiger partial charge in [-0.3, -0.25) is 0 Å². The fraction of sp³-hybridized carbons (Fsp3) is 0.476. The van der Waals surface area contributed by atoms with Gasteiger partial charge in [0.2, 0.25) is 0 Å². The molecule has 1 aliphatic carbocycles. The molecule has 0 spiro atoms. The smallest absolute Gasteiger partial charge is 0.330 e. The summed E-state index contributed by atoms with van der Waals surface area (Å²) in [5.74, 6) is -0.677. The summed E-state index contributed by atoms with van der Waals surface area (Å²) in [5, 5.41) is 0. The Balaban J connectivity index is 2.95. The van der Waals surface area contributed by atoms with E-state index in [9.17, 15) is 4.79 Å². The quantitative estimate of drug-likeness (QED) is 0.370. The molecule has 0 aromatic carbocycles. The standard InChI is InChI=1S/C21H30O2/c1-16(9-7-10-17(2)15-20(22)23-6)12-13-19-18(3)11-8-14-21(19,4)5/h7,9-10,12-13,15H,8,11,14H2,1-6H3/b10-7+,13-12+,16-9-,17-15+/i2D3. The van der Waals surface area contributed by atoms with Crippen LogP contribution in [0.25, 0.3) is 0 Å². The van der Waals surface area contributed by atoms with Crippen molar-refractivity contribution in [2.75, 3.05) is 7.11 Å². The van der Waals surface area contributed by atoms with E-state index in [-0.39, 0.29) is 11.0 Å². The van der Waals surface area contributed by atoms with Crippen molar-refractivity contribution in [2.45, 2.75) is 53.8 Å². The van der Waals surface area contributed by atoms with Crippen LogP contribution < -0.4 is 0 Å². The third kappa shape index (κ3) is 6.43. The zero-order valence-electron chi connectivity index (χ0n) is 17.9. The van der Waals surface area contributed by atoms with E-state index >= 15 is 0 Å². The van der Waals surface area contributed by atoms with E-state index in [0.717, 1.165) is 18.1 Å². The van der Waals surface area contributed by atoms with Gasteiger partial charge in [-0.1, -0.05) is 55.4 Å². The first kappa shape index (κ1) is 14.7. The van der Waals surface area contributed by atoms with Crippen molar-refractivity contribution < 1.29 is 13.6 Å². The minimum absolute atomic E-state index is 0.0515. The number of allylic oxidation sites excluding steroid dienone is 9. The Morgan fingerprint density at radius 1 is 1.30 bits per heavy atom. The molecule has 0 amide bonds. The fourth-order valence-electron chi connectivity index (χ4n) is 2.82. The van der Waals surface area contributed by atoms with Gasteiger partial charge in [-0.25, -0.2) is 4.79 Å². The lowest BCUT2D eigenvalue weighted by Gasteiger charge is -2.32. The topological polar surface area (TPSA) is 26.3 Å². The number of ether oxygens (including phenoxy) is 1. The van der Waals surface area contributed by atoms with Gasteiger partial charge < -0.3 is 4.74 Å². The Morgan fingerprint density at radius 3 is 2.65 bits per heavy atom. The van der Waals surface area contributed by atoms with Gasteiger partial charge in [-0.05, 0) is 56.5 Å². The molecule has 0 atom stereocenters. The number of esters is 1. The predicted octanol–water partition coefficient (Wildman–Crippen LogP) is 5.69. The Labute approximate surface area is 145 Å². The zero-order valence-corrected chi connectivity index (χ0v) is 14.9. The molecule has 0 aromatic rings. The number of carbonyl (C=O) groups is 1. The monoisotopic (exact) mass is 317 g/mol. The van der Waals surface area contributed by atoms with Crippen LogP contribution in [0, 0.1) is 5.41 Å². The second kappa shape index (κ2) is 8.71. The lowest BCUT2D eigenvalue weighted by Crippen LogP contribution is -2.19. The maximum atomic E-state index is 11.3. The van der Waals surface area contributed by atoms with E-state index < -0.39 is 12.8 Å². The number of hydrogen-bond donors (Lipinski definition) is 0. The molecule has 0 unspecified atom stereocenters. The Hall–Kier alpha value is -1.83. The summed E-state index contributed by atoms with van der Waals surface area (Å²) in [7, 11) is 1.22. The second-order valence-corrected chi connectivity index (χ2v) is 6.66. The average molecular weight is 317 g/mol. The first-order valence-electron chi connectivity index (χ1n) is 9.51. The van der Waals surface area contributed by atoms with Crippen LogP contribution >= 0.6 is 0 Å². The van der Waals surface area contributed by atoms with Gasteiger partial charge in [0, 0.05) is 10.2 Å². The second-order valence-electron chi connectivity index (χ2n) is 6.66. The highest BCUT2D eigenvalue weighted by atomic mass is 16.5. The molecule has 23 heavy (non-hydrogen) atoms. The molecule has 0 fully saturated rings. The highest BCUT2D eigenvalue weighted by molar-refractivity contribution is 5.83. The summed E-state index contributed by atoms with van der Waals surface area (Å²) in [6.07, 6.45) is 13.7. The summed E-state index contributed by atoms with van der Waals surface area (Å²) < 4.78 is 27.0. The highest BCUT2D eigenvalue weighted by Crippen LogP contribution is 2.40. The van der Waals surface area contributed by atoms with Crippen LogP contribution in [0.1, 0.15) is 57.9 Å². The van der Waals surface area contributed by atoms with E-state index in [2.05, 4.69) is 37.7 Å². The molecule has 0 N–H and O–H groups in total. The number of methoxy groups -OCH3 is 1. The van der Waals surface area contributed by atoms with Crippen LogP contribution in [0.15, 0.2) is 58.7 Å². The minimum Gasteiger partial charge on any atom is -0.466 e. The Morgan fingerprint density at radius 2 is 2.04 bits per heavy atom. The number of carbonyl (C=O) groups excluding carboxylic acids is 1. The molecule has 0 heterocycles. The van der Waals surface area contributed by atoms with Crippen molar-refractivity contribution in [3.05, 3.63) is 58.7 Å². The molecule has 0 aromatic heterocycles. The molecule has 1 aliphatic rings. The van der Waals surface area contributed by atoms with Crippen molar-refractivity contribution in [1.82, 2.24) is 0 Å². The van der Waals surface area contributed by atoms with Gasteiger partial charge in [0.15, 0.2) is 0 Å². The van der Waals surface area contributed by atoms with E-state index in [1.54, 1.807) is 6.08 Å². The number of hydrogen-bond acceptors (Lipinski definition) is 2. The van der Waals surface area contributed by atoms with Crippen LogP contribution in [-0.2, 0) is 9.53 Å². The van der Waals surface area contributed by atoms with Crippen molar-refractivity contribution in [2.24, 2.45) is 5.41 Å². The van der Waals surface area contributed by atoms with Crippen LogP contribution in [0.5, 0.6) is 0 Å². The predicted molar refractivity (Wildman–Crippen MR) is 98.1 cm³/mol. The first-order valence-corrected chi connectivity index (χ1v) is 8.01. The lowest BCUT2D eigenvalue weighted by atomic mass is 9.72.